The third kappa shape index (κ3) is 1.88. The van der Waals surface area contributed by atoms with Gasteiger partial charge in [0, 0.05) is 5.02 Å². The van der Waals surface area contributed by atoms with E-state index in [9.17, 15) is 8.42 Å². The highest BCUT2D eigenvalue weighted by molar-refractivity contribution is 7.86. The lowest BCUT2D eigenvalue weighted by Gasteiger charge is -1.99. The molecule has 0 saturated carbocycles. The molecule has 0 bridgehead atoms. The van der Waals surface area contributed by atoms with Crippen molar-refractivity contribution in [1.29, 1.82) is 0 Å². The second-order valence-corrected chi connectivity index (χ2v) is 3.91. The van der Waals surface area contributed by atoms with Crippen molar-refractivity contribution in [2.45, 2.75) is 4.90 Å². The average Bonchev–Trinajstić information content (AvgIpc) is 1.83. The van der Waals surface area contributed by atoms with E-state index in [1.165, 1.54) is 6.07 Å². The van der Waals surface area contributed by atoms with Crippen LogP contribution in [0.2, 0.25) is 5.02 Å². The van der Waals surface area contributed by atoms with Gasteiger partial charge in [0.25, 0.3) is 10.1 Å². The molecule has 0 aliphatic rings. The molecule has 4 nitrogen and oxygen atoms in total. The van der Waals surface area contributed by atoms with Crippen LogP contribution in [-0.4, -0.2) is 18.1 Å². The van der Waals surface area contributed by atoms with Crippen molar-refractivity contribution in [3.63, 3.8) is 0 Å². The van der Waals surface area contributed by atoms with Crippen LogP contribution in [-0.2, 0) is 10.1 Å². The highest BCUT2D eigenvalue weighted by Gasteiger charge is 2.14. The molecule has 1 aromatic carbocycles. The summed E-state index contributed by atoms with van der Waals surface area (Å²) >= 11 is 5.43. The Morgan fingerprint density at radius 2 is 1.92 bits per heavy atom. The van der Waals surface area contributed by atoms with Gasteiger partial charge in [0.05, 0.1) is 0 Å². The summed E-state index contributed by atoms with van der Waals surface area (Å²) in [5.74, 6) is -0.565. The summed E-state index contributed by atoms with van der Waals surface area (Å²) in [5.41, 5.74) is 0. The van der Waals surface area contributed by atoms with E-state index in [0.717, 1.165) is 12.1 Å². The SMILES string of the molecule is O=S(=O)(O)c1ccc(Cl)cc1O. The lowest BCUT2D eigenvalue weighted by molar-refractivity contribution is 0.443. The van der Waals surface area contributed by atoms with Crippen LogP contribution in [0.3, 0.4) is 0 Å². The lowest BCUT2D eigenvalue weighted by Crippen LogP contribution is -1.97. The van der Waals surface area contributed by atoms with Gasteiger partial charge in [-0.1, -0.05) is 11.6 Å². The maximum absolute atomic E-state index is 10.5. The molecule has 12 heavy (non-hydrogen) atoms. The fourth-order valence-corrected chi connectivity index (χ4v) is 1.44. The number of phenols is 1. The van der Waals surface area contributed by atoms with E-state index in [1.54, 1.807) is 0 Å². The zero-order valence-electron chi connectivity index (χ0n) is 5.73. The highest BCUT2D eigenvalue weighted by Crippen LogP contribution is 2.25. The zero-order chi connectivity index (χ0) is 9.35. The van der Waals surface area contributed by atoms with Gasteiger partial charge in [0.2, 0.25) is 0 Å². The Labute approximate surface area is 74.2 Å². The summed E-state index contributed by atoms with van der Waals surface area (Å²) in [6, 6.07) is 3.31. The largest absolute Gasteiger partial charge is 0.506 e. The molecule has 0 aliphatic carbocycles. The summed E-state index contributed by atoms with van der Waals surface area (Å²) in [4.78, 5) is -0.549. The Kier molecular flexibility index (Phi) is 2.27. The third-order valence-corrected chi connectivity index (χ3v) is 2.34. The summed E-state index contributed by atoms with van der Waals surface area (Å²) < 4.78 is 29.6. The summed E-state index contributed by atoms with van der Waals surface area (Å²) in [7, 11) is -4.36. The van der Waals surface area contributed by atoms with Crippen molar-refractivity contribution in [2.24, 2.45) is 0 Å². The smallest absolute Gasteiger partial charge is 0.298 e. The van der Waals surface area contributed by atoms with E-state index in [1.807, 2.05) is 0 Å². The van der Waals surface area contributed by atoms with Crippen LogP contribution in [0.25, 0.3) is 0 Å². The van der Waals surface area contributed by atoms with E-state index >= 15 is 0 Å². The Morgan fingerprint density at radius 3 is 2.33 bits per heavy atom. The Bertz CT molecular complexity index is 398. The Hall–Kier alpha value is -0.780. The number of aromatic hydroxyl groups is 1. The average molecular weight is 209 g/mol. The maximum atomic E-state index is 10.5. The maximum Gasteiger partial charge on any atom is 0.298 e. The van der Waals surface area contributed by atoms with Crippen LogP contribution >= 0.6 is 11.6 Å². The van der Waals surface area contributed by atoms with E-state index in [4.69, 9.17) is 21.3 Å². The molecule has 66 valence electrons. The van der Waals surface area contributed by atoms with Crippen LogP contribution in [0.15, 0.2) is 23.1 Å². The molecular formula is C6H5ClO4S. The first kappa shape index (κ1) is 9.31. The molecule has 1 rings (SSSR count). The first-order chi connectivity index (χ1) is 5.41. The minimum atomic E-state index is -4.36. The second kappa shape index (κ2) is 2.93. The van der Waals surface area contributed by atoms with Gasteiger partial charge in [-0.15, -0.1) is 0 Å². The molecule has 0 heterocycles. The summed E-state index contributed by atoms with van der Waals surface area (Å²) in [5, 5.41) is 9.20. The normalized spacial score (nSPS) is 11.5. The number of benzene rings is 1. The predicted molar refractivity (Wildman–Crippen MR) is 42.9 cm³/mol. The Balaban J connectivity index is 3.39. The minimum Gasteiger partial charge on any atom is -0.506 e. The molecule has 1 aromatic rings. The molecule has 2 N–H and O–H groups in total. The first-order valence-corrected chi connectivity index (χ1v) is 4.69. The molecule has 6 heteroatoms. The van der Waals surface area contributed by atoms with Crippen LogP contribution in [0.5, 0.6) is 5.75 Å². The Morgan fingerprint density at radius 1 is 1.33 bits per heavy atom. The molecule has 0 unspecified atom stereocenters. The number of hydrogen-bond acceptors (Lipinski definition) is 3. The summed E-state index contributed by atoms with van der Waals surface area (Å²) in [6.45, 7) is 0. The molecule has 0 aromatic heterocycles. The third-order valence-electron chi connectivity index (χ3n) is 1.20. The highest BCUT2D eigenvalue weighted by atomic mass is 35.5. The topological polar surface area (TPSA) is 74.6 Å². The van der Waals surface area contributed by atoms with E-state index in [0.29, 0.717) is 0 Å². The van der Waals surface area contributed by atoms with Crippen LogP contribution in [0, 0.1) is 0 Å². The molecule has 0 atom stereocenters. The van der Waals surface area contributed by atoms with Gasteiger partial charge >= 0.3 is 0 Å². The van der Waals surface area contributed by atoms with Crippen molar-refractivity contribution < 1.29 is 18.1 Å². The van der Waals surface area contributed by atoms with Crippen molar-refractivity contribution in [3.05, 3.63) is 23.2 Å². The van der Waals surface area contributed by atoms with Crippen LogP contribution < -0.4 is 0 Å². The van der Waals surface area contributed by atoms with Gasteiger partial charge in [-0.05, 0) is 18.2 Å². The number of halogens is 1. The van der Waals surface area contributed by atoms with Crippen LogP contribution in [0.4, 0.5) is 0 Å². The van der Waals surface area contributed by atoms with Gasteiger partial charge in [-0.25, -0.2) is 0 Å². The molecule has 0 saturated heterocycles. The molecule has 0 radical (unpaired) electrons. The monoisotopic (exact) mass is 208 g/mol. The fourth-order valence-electron chi connectivity index (χ4n) is 0.709. The van der Waals surface area contributed by atoms with Gasteiger partial charge in [-0.3, -0.25) is 4.55 Å². The molecule has 0 amide bonds. The van der Waals surface area contributed by atoms with Crippen molar-refractivity contribution in [2.75, 3.05) is 0 Å². The fraction of sp³-hybridized carbons (Fsp3) is 0. The quantitative estimate of drug-likeness (QED) is 0.682. The van der Waals surface area contributed by atoms with Crippen molar-refractivity contribution in [3.8, 4) is 5.75 Å². The summed E-state index contributed by atoms with van der Waals surface area (Å²) in [6.07, 6.45) is 0. The molecule has 0 spiro atoms. The standard InChI is InChI=1S/C6H5ClO4S/c7-4-1-2-6(5(8)3-4)12(9,10)11/h1-3,8H,(H,9,10,11). The van der Waals surface area contributed by atoms with E-state index in [-0.39, 0.29) is 5.02 Å². The van der Waals surface area contributed by atoms with Gasteiger partial charge < -0.3 is 5.11 Å². The molecule has 0 aliphatic heterocycles. The van der Waals surface area contributed by atoms with Gasteiger partial charge in [-0.2, -0.15) is 8.42 Å². The number of rotatable bonds is 1. The van der Waals surface area contributed by atoms with E-state index < -0.39 is 20.8 Å². The predicted octanol–water partition coefficient (Wildman–Crippen LogP) is 1.29. The zero-order valence-corrected chi connectivity index (χ0v) is 7.30. The number of phenolic OH excluding ortho intramolecular Hbond substituents is 1. The van der Waals surface area contributed by atoms with Gasteiger partial charge in [0.15, 0.2) is 0 Å². The molecular weight excluding hydrogens is 204 g/mol. The number of hydrogen-bond donors (Lipinski definition) is 2. The second-order valence-electron chi connectivity index (χ2n) is 2.09. The molecule has 0 fully saturated rings. The van der Waals surface area contributed by atoms with Crippen molar-refractivity contribution >= 4 is 21.7 Å². The van der Waals surface area contributed by atoms with Crippen molar-refractivity contribution in [1.82, 2.24) is 0 Å². The van der Waals surface area contributed by atoms with Crippen LogP contribution in [0.1, 0.15) is 0 Å². The lowest BCUT2D eigenvalue weighted by atomic mass is 10.3. The van der Waals surface area contributed by atoms with Gasteiger partial charge in [0.1, 0.15) is 10.6 Å². The van der Waals surface area contributed by atoms with E-state index in [2.05, 4.69) is 0 Å². The first-order valence-electron chi connectivity index (χ1n) is 2.87. The minimum absolute atomic E-state index is 0.194.